The van der Waals surface area contributed by atoms with Gasteiger partial charge in [-0.3, -0.25) is 0 Å². The second-order valence-corrected chi connectivity index (χ2v) is 8.32. The molecule has 3 aliphatic heterocycles. The molecule has 0 spiro atoms. The van der Waals surface area contributed by atoms with Crippen LogP contribution in [0.1, 0.15) is 6.92 Å². The monoisotopic (exact) mass is 488 g/mol. The first-order valence-corrected chi connectivity index (χ1v) is 10.4. The molecule has 0 aromatic heterocycles. The molecule has 3 saturated heterocycles. The summed E-state index contributed by atoms with van der Waals surface area (Å²) >= 11 is 0. The maximum Gasteiger partial charge on any atom is 0.187 e. The van der Waals surface area contributed by atoms with Crippen molar-refractivity contribution in [1.29, 1.82) is 0 Å². The van der Waals surface area contributed by atoms with Gasteiger partial charge in [0, 0.05) is 0 Å². The maximum absolute atomic E-state index is 10.6. The van der Waals surface area contributed by atoms with Crippen molar-refractivity contribution in [2.75, 3.05) is 13.2 Å². The van der Waals surface area contributed by atoms with Gasteiger partial charge in [0.25, 0.3) is 0 Å². The standard InChI is InChI=1S/C18H32O15/c1-4-7(21)10(24)13(27)17(29-4)33-15-12(26)9(23)6(3-20)31-18(15)32-14-11(25)8(22)5(2-19)30-16(14)28/h4-28H,2-3H2,1H3/t4-,5+,6+,7+,8+,9-,10+,11-,12-,13-,14+,15+,16+,17-,18-/m0/s1. The zero-order chi connectivity index (χ0) is 24.6. The number of hydrogen-bond acceptors (Lipinski definition) is 15. The molecule has 0 bridgehead atoms. The molecule has 15 nitrogen and oxygen atoms in total. The van der Waals surface area contributed by atoms with Crippen LogP contribution in [0.4, 0.5) is 0 Å². The molecule has 15 atom stereocenters. The van der Waals surface area contributed by atoms with E-state index in [9.17, 15) is 51.1 Å². The van der Waals surface area contributed by atoms with Crippen molar-refractivity contribution in [2.45, 2.75) is 99.0 Å². The molecule has 3 aliphatic rings. The van der Waals surface area contributed by atoms with E-state index < -0.39 is 105 Å². The molecule has 0 radical (unpaired) electrons. The van der Waals surface area contributed by atoms with Crippen LogP contribution >= 0.6 is 0 Å². The molecule has 10 N–H and O–H groups in total. The molecular weight excluding hydrogens is 456 g/mol. The van der Waals surface area contributed by atoms with E-state index in [1.807, 2.05) is 0 Å². The average Bonchev–Trinajstić information content (AvgIpc) is 2.79. The third-order valence-corrected chi connectivity index (χ3v) is 6.06. The Kier molecular flexibility index (Phi) is 8.99. The Hall–Kier alpha value is -0.600. The zero-order valence-corrected chi connectivity index (χ0v) is 17.6. The van der Waals surface area contributed by atoms with Gasteiger partial charge < -0.3 is 74.7 Å². The Morgan fingerprint density at radius 2 is 1.06 bits per heavy atom. The second-order valence-electron chi connectivity index (χ2n) is 8.32. The first-order valence-electron chi connectivity index (χ1n) is 10.4. The zero-order valence-electron chi connectivity index (χ0n) is 17.6. The molecule has 0 aliphatic carbocycles. The lowest BCUT2D eigenvalue weighted by Crippen LogP contribution is -2.66. The van der Waals surface area contributed by atoms with Crippen molar-refractivity contribution in [3.05, 3.63) is 0 Å². The van der Waals surface area contributed by atoms with Crippen LogP contribution in [0.25, 0.3) is 0 Å². The fraction of sp³-hybridized carbons (Fsp3) is 1.00. The molecule has 0 unspecified atom stereocenters. The van der Waals surface area contributed by atoms with Crippen LogP contribution in [0.2, 0.25) is 0 Å². The summed E-state index contributed by atoms with van der Waals surface area (Å²) in [6.45, 7) is -0.0924. The highest BCUT2D eigenvalue weighted by molar-refractivity contribution is 4.95. The molecule has 33 heavy (non-hydrogen) atoms. The highest BCUT2D eigenvalue weighted by Crippen LogP contribution is 2.32. The van der Waals surface area contributed by atoms with Gasteiger partial charge in [-0.15, -0.1) is 0 Å². The van der Waals surface area contributed by atoms with E-state index in [2.05, 4.69) is 0 Å². The first kappa shape index (κ1) is 27.0. The molecule has 0 amide bonds. The minimum atomic E-state index is -1.87. The van der Waals surface area contributed by atoms with E-state index in [1.165, 1.54) is 6.92 Å². The molecule has 194 valence electrons. The normalized spacial score (nSPS) is 53.7. The quantitative estimate of drug-likeness (QED) is 0.167. The summed E-state index contributed by atoms with van der Waals surface area (Å²) in [4.78, 5) is 0. The molecule has 0 saturated carbocycles. The van der Waals surface area contributed by atoms with Crippen molar-refractivity contribution in [3.8, 4) is 0 Å². The summed E-state index contributed by atoms with van der Waals surface area (Å²) in [7, 11) is 0. The highest BCUT2D eigenvalue weighted by Gasteiger charge is 2.53. The lowest BCUT2D eigenvalue weighted by atomic mass is 9.96. The lowest BCUT2D eigenvalue weighted by Gasteiger charge is -2.47. The Balaban J connectivity index is 1.81. The van der Waals surface area contributed by atoms with Crippen molar-refractivity contribution in [3.63, 3.8) is 0 Å². The minimum absolute atomic E-state index is 0.714. The van der Waals surface area contributed by atoms with E-state index in [0.717, 1.165) is 0 Å². The number of ether oxygens (including phenoxy) is 5. The Morgan fingerprint density at radius 1 is 0.545 bits per heavy atom. The smallest absolute Gasteiger partial charge is 0.187 e. The first-order chi connectivity index (χ1) is 15.5. The van der Waals surface area contributed by atoms with Gasteiger partial charge in [-0.25, -0.2) is 0 Å². The average molecular weight is 488 g/mol. The van der Waals surface area contributed by atoms with Gasteiger partial charge in [0.2, 0.25) is 0 Å². The van der Waals surface area contributed by atoms with Gasteiger partial charge in [0.1, 0.15) is 67.1 Å². The summed E-state index contributed by atoms with van der Waals surface area (Å²) in [5, 5.41) is 100. The van der Waals surface area contributed by atoms with Gasteiger partial charge >= 0.3 is 0 Å². The predicted molar refractivity (Wildman–Crippen MR) is 99.8 cm³/mol. The van der Waals surface area contributed by atoms with E-state index in [-0.39, 0.29) is 0 Å². The number of aliphatic hydroxyl groups is 10. The highest BCUT2D eigenvalue weighted by atomic mass is 16.8. The summed E-state index contributed by atoms with van der Waals surface area (Å²) in [5.74, 6) is 0. The largest absolute Gasteiger partial charge is 0.394 e. The second kappa shape index (κ2) is 11.0. The number of hydrogen-bond donors (Lipinski definition) is 10. The Morgan fingerprint density at radius 3 is 1.64 bits per heavy atom. The van der Waals surface area contributed by atoms with Gasteiger partial charge in [0.05, 0.1) is 19.3 Å². The van der Waals surface area contributed by atoms with E-state index in [0.29, 0.717) is 0 Å². The van der Waals surface area contributed by atoms with Crippen LogP contribution in [0.3, 0.4) is 0 Å². The lowest BCUT2D eigenvalue weighted by molar-refractivity contribution is -0.389. The summed E-state index contributed by atoms with van der Waals surface area (Å²) in [6.07, 6.45) is -24.2. The molecular formula is C18H32O15. The van der Waals surface area contributed by atoms with E-state index in [1.54, 1.807) is 0 Å². The summed E-state index contributed by atoms with van der Waals surface area (Å²) < 4.78 is 26.7. The molecule has 15 heteroatoms. The molecule has 3 rings (SSSR count). The van der Waals surface area contributed by atoms with Gasteiger partial charge in [-0.05, 0) is 6.92 Å². The minimum Gasteiger partial charge on any atom is -0.394 e. The molecule has 0 aromatic rings. The predicted octanol–water partition coefficient (Wildman–Crippen LogP) is -6.55. The fourth-order valence-electron chi connectivity index (χ4n) is 3.96. The van der Waals surface area contributed by atoms with Crippen molar-refractivity contribution in [1.82, 2.24) is 0 Å². The van der Waals surface area contributed by atoms with Crippen LogP contribution in [-0.4, -0.2) is 156 Å². The number of rotatable bonds is 6. The van der Waals surface area contributed by atoms with Crippen molar-refractivity contribution in [2.24, 2.45) is 0 Å². The van der Waals surface area contributed by atoms with Gasteiger partial charge in [0.15, 0.2) is 18.9 Å². The van der Waals surface area contributed by atoms with Crippen LogP contribution < -0.4 is 0 Å². The van der Waals surface area contributed by atoms with Crippen LogP contribution in [0.15, 0.2) is 0 Å². The Labute approximate surface area is 187 Å². The third-order valence-electron chi connectivity index (χ3n) is 6.06. The molecule has 3 fully saturated rings. The van der Waals surface area contributed by atoms with E-state index >= 15 is 0 Å². The van der Waals surface area contributed by atoms with Gasteiger partial charge in [-0.1, -0.05) is 0 Å². The molecule has 0 aromatic carbocycles. The van der Waals surface area contributed by atoms with Crippen LogP contribution in [0.5, 0.6) is 0 Å². The van der Waals surface area contributed by atoms with Crippen molar-refractivity contribution < 1.29 is 74.7 Å². The number of aliphatic hydroxyl groups excluding tert-OH is 10. The van der Waals surface area contributed by atoms with Crippen LogP contribution in [-0.2, 0) is 23.7 Å². The van der Waals surface area contributed by atoms with Gasteiger partial charge in [-0.2, -0.15) is 0 Å². The fourth-order valence-corrected chi connectivity index (χ4v) is 3.96. The maximum atomic E-state index is 10.6. The van der Waals surface area contributed by atoms with E-state index in [4.69, 9.17) is 23.7 Å². The topological polar surface area (TPSA) is 248 Å². The Bertz CT molecular complexity index is 626. The molecule has 3 heterocycles. The van der Waals surface area contributed by atoms with Crippen LogP contribution in [0, 0.1) is 0 Å². The summed E-state index contributed by atoms with van der Waals surface area (Å²) in [5.41, 5.74) is 0. The third kappa shape index (κ3) is 5.32. The van der Waals surface area contributed by atoms with Crippen molar-refractivity contribution >= 4 is 0 Å². The summed E-state index contributed by atoms with van der Waals surface area (Å²) in [6, 6.07) is 0. The SMILES string of the molecule is C[C@@H]1O[C@@H](O[C@H]2[C@H](O[C@@H]3[C@@H](O)[C@H](O)[C@@H](CO)O[C@H]3O)O[C@H](CO)[C@H](O)[C@@H]2O)[C@@H](O)[C@H](O)[C@@H]1O.